The van der Waals surface area contributed by atoms with E-state index in [9.17, 15) is 14.4 Å². The van der Waals surface area contributed by atoms with Gasteiger partial charge in [-0.3, -0.25) is 9.69 Å². The molecule has 0 radical (unpaired) electrons. The minimum Gasteiger partial charge on any atom is -0.453 e. The number of carbonyl (C=O) groups is 3. The van der Waals surface area contributed by atoms with Gasteiger partial charge < -0.3 is 9.47 Å². The van der Waals surface area contributed by atoms with Crippen LogP contribution < -0.4 is 0 Å². The summed E-state index contributed by atoms with van der Waals surface area (Å²) in [6, 6.07) is 27.1. The van der Waals surface area contributed by atoms with E-state index in [1.165, 1.54) is 0 Å². The molecule has 182 valence electrons. The van der Waals surface area contributed by atoms with Crippen LogP contribution in [0.25, 0.3) is 0 Å². The highest BCUT2D eigenvalue weighted by molar-refractivity contribution is 5.91. The van der Waals surface area contributed by atoms with Crippen molar-refractivity contribution in [3.05, 3.63) is 108 Å². The zero-order chi connectivity index (χ0) is 24.6. The summed E-state index contributed by atoms with van der Waals surface area (Å²) in [6.07, 6.45) is -0.122. The highest BCUT2D eigenvalue weighted by Gasteiger charge is 2.68. The molecule has 3 aromatic rings. The van der Waals surface area contributed by atoms with Gasteiger partial charge >= 0.3 is 11.9 Å². The van der Waals surface area contributed by atoms with E-state index in [4.69, 9.17) is 9.47 Å². The molecule has 3 aliphatic rings. The molecule has 3 aromatic carbocycles. The van der Waals surface area contributed by atoms with Crippen molar-refractivity contribution in [2.75, 3.05) is 0 Å². The molecule has 6 unspecified atom stereocenters. The van der Waals surface area contributed by atoms with Crippen LogP contribution >= 0.6 is 0 Å². The summed E-state index contributed by atoms with van der Waals surface area (Å²) in [4.78, 5) is 41.6. The number of carbonyl (C=O) groups excluding carboxylic acids is 3. The van der Waals surface area contributed by atoms with Crippen LogP contribution in [-0.4, -0.2) is 46.9 Å². The van der Waals surface area contributed by atoms with E-state index in [1.807, 2.05) is 42.5 Å². The van der Waals surface area contributed by atoms with Gasteiger partial charge in [0.1, 0.15) is 5.78 Å². The molecule has 6 nitrogen and oxygen atoms in total. The Kier molecular flexibility index (Phi) is 5.89. The quantitative estimate of drug-likeness (QED) is 0.489. The summed E-state index contributed by atoms with van der Waals surface area (Å²) in [7, 11) is 0. The van der Waals surface area contributed by atoms with Gasteiger partial charge in [-0.25, -0.2) is 9.59 Å². The van der Waals surface area contributed by atoms with E-state index in [-0.39, 0.29) is 29.7 Å². The van der Waals surface area contributed by atoms with Crippen molar-refractivity contribution in [2.45, 2.75) is 43.7 Å². The SMILES string of the molecule is O=C(OC1C(OC(=O)c2ccccc2)C2C3C(=O)CCC3C1N2Cc1ccccc1)c1ccccc1. The first-order valence-corrected chi connectivity index (χ1v) is 12.5. The average Bonchev–Trinajstić information content (AvgIpc) is 3.53. The number of ether oxygens (including phenoxy) is 2. The second-order valence-electron chi connectivity index (χ2n) is 9.81. The number of nitrogens with zero attached hydrogens (tertiary/aromatic N) is 1. The minimum absolute atomic E-state index is 0.0754. The maximum absolute atomic E-state index is 13.2. The first-order chi connectivity index (χ1) is 17.6. The monoisotopic (exact) mass is 481 g/mol. The van der Waals surface area contributed by atoms with Crippen LogP contribution in [0.4, 0.5) is 0 Å². The van der Waals surface area contributed by atoms with Gasteiger partial charge in [-0.15, -0.1) is 0 Å². The van der Waals surface area contributed by atoms with Crippen LogP contribution in [0.3, 0.4) is 0 Å². The first-order valence-electron chi connectivity index (χ1n) is 12.5. The molecule has 1 saturated carbocycles. The fourth-order valence-corrected chi connectivity index (χ4v) is 6.40. The molecule has 36 heavy (non-hydrogen) atoms. The summed E-state index contributed by atoms with van der Waals surface area (Å²) >= 11 is 0. The Morgan fingerprint density at radius 1 is 0.722 bits per heavy atom. The predicted molar refractivity (Wildman–Crippen MR) is 132 cm³/mol. The predicted octanol–water partition coefficient (Wildman–Crippen LogP) is 4.30. The Bertz CT molecular complexity index is 1260. The van der Waals surface area contributed by atoms with E-state index in [2.05, 4.69) is 4.90 Å². The van der Waals surface area contributed by atoms with Crippen LogP contribution in [0.2, 0.25) is 0 Å². The lowest BCUT2D eigenvalue weighted by Gasteiger charge is -2.34. The van der Waals surface area contributed by atoms with Crippen LogP contribution in [0.1, 0.15) is 39.1 Å². The van der Waals surface area contributed by atoms with Crippen LogP contribution in [0.15, 0.2) is 91.0 Å². The molecule has 0 spiro atoms. The van der Waals surface area contributed by atoms with Crippen molar-refractivity contribution in [3.8, 4) is 0 Å². The van der Waals surface area contributed by atoms with Crippen molar-refractivity contribution in [1.29, 1.82) is 0 Å². The molecular formula is C30H27NO5. The molecule has 2 heterocycles. The van der Waals surface area contributed by atoms with Crippen molar-refractivity contribution in [3.63, 3.8) is 0 Å². The number of hydrogen-bond donors (Lipinski definition) is 0. The number of ketones is 1. The zero-order valence-corrected chi connectivity index (χ0v) is 19.7. The van der Waals surface area contributed by atoms with E-state index in [0.717, 1.165) is 12.0 Å². The molecule has 6 atom stereocenters. The van der Waals surface area contributed by atoms with Crippen LogP contribution in [0.5, 0.6) is 0 Å². The summed E-state index contributed by atoms with van der Waals surface area (Å²) in [5.74, 6) is -0.866. The number of Topliss-reactive ketones (excluding diaryl/α,β-unsaturated/α-hetero) is 1. The van der Waals surface area contributed by atoms with Gasteiger partial charge in [-0.1, -0.05) is 66.7 Å². The van der Waals surface area contributed by atoms with E-state index >= 15 is 0 Å². The van der Waals surface area contributed by atoms with Crippen LogP contribution in [0, 0.1) is 11.8 Å². The van der Waals surface area contributed by atoms with Gasteiger partial charge in [0.15, 0.2) is 12.2 Å². The summed E-state index contributed by atoms with van der Waals surface area (Å²) < 4.78 is 12.2. The zero-order valence-electron chi connectivity index (χ0n) is 19.7. The maximum atomic E-state index is 13.2. The highest BCUT2D eigenvalue weighted by Crippen LogP contribution is 2.54. The van der Waals surface area contributed by atoms with Gasteiger partial charge in [-0.05, 0) is 42.2 Å². The topological polar surface area (TPSA) is 72.9 Å². The van der Waals surface area contributed by atoms with Crippen LogP contribution in [-0.2, 0) is 20.8 Å². The maximum Gasteiger partial charge on any atom is 0.338 e. The number of hydrogen-bond acceptors (Lipinski definition) is 6. The number of benzene rings is 3. The second-order valence-corrected chi connectivity index (χ2v) is 9.81. The minimum atomic E-state index is -0.734. The van der Waals surface area contributed by atoms with Gasteiger partial charge in [0.2, 0.25) is 0 Å². The van der Waals surface area contributed by atoms with Crippen molar-refractivity contribution in [2.24, 2.45) is 11.8 Å². The normalized spacial score (nSPS) is 28.6. The third-order valence-electron chi connectivity index (χ3n) is 7.84. The van der Waals surface area contributed by atoms with Gasteiger partial charge in [-0.2, -0.15) is 0 Å². The molecule has 0 N–H and O–H groups in total. The van der Waals surface area contributed by atoms with Gasteiger partial charge in [0.05, 0.1) is 23.2 Å². The molecule has 3 fully saturated rings. The lowest BCUT2D eigenvalue weighted by atomic mass is 9.78. The summed E-state index contributed by atoms with van der Waals surface area (Å²) in [5, 5.41) is 0. The molecule has 2 aliphatic heterocycles. The van der Waals surface area contributed by atoms with E-state index in [1.54, 1.807) is 48.5 Å². The molecule has 2 saturated heterocycles. The molecular weight excluding hydrogens is 454 g/mol. The average molecular weight is 482 g/mol. The Balaban J connectivity index is 1.36. The van der Waals surface area contributed by atoms with Crippen molar-refractivity contribution < 1.29 is 23.9 Å². The fraction of sp³-hybridized carbons (Fsp3) is 0.300. The summed E-state index contributed by atoms with van der Waals surface area (Å²) in [5.41, 5.74) is 1.97. The van der Waals surface area contributed by atoms with Gasteiger partial charge in [0, 0.05) is 18.9 Å². The van der Waals surface area contributed by atoms with Gasteiger partial charge in [0.25, 0.3) is 0 Å². The van der Waals surface area contributed by atoms with Crippen molar-refractivity contribution >= 4 is 17.7 Å². The van der Waals surface area contributed by atoms with Crippen molar-refractivity contribution in [1.82, 2.24) is 4.90 Å². The molecule has 1 aliphatic carbocycles. The third kappa shape index (κ3) is 3.91. The standard InChI is InChI=1S/C30H27NO5/c32-23-17-16-22-24(23)26-28(36-30(34)21-14-8-3-9-15-21)27(35-29(33)20-12-6-2-7-13-20)25(22)31(26)18-19-10-4-1-5-11-19/h1-15,22,24-28H,16-18H2. The fourth-order valence-electron chi connectivity index (χ4n) is 6.40. The van der Waals surface area contributed by atoms with E-state index < -0.39 is 24.1 Å². The Morgan fingerprint density at radius 3 is 1.78 bits per heavy atom. The molecule has 6 heteroatoms. The molecule has 0 amide bonds. The lowest BCUT2D eigenvalue weighted by molar-refractivity contribution is -0.124. The number of fused-ring (bicyclic) bond motifs is 5. The molecule has 6 rings (SSSR count). The lowest BCUT2D eigenvalue weighted by Crippen LogP contribution is -2.50. The largest absolute Gasteiger partial charge is 0.453 e. The number of esters is 2. The second kappa shape index (κ2) is 9.36. The number of rotatable bonds is 6. The van der Waals surface area contributed by atoms with E-state index in [0.29, 0.717) is 24.1 Å². The third-order valence-corrected chi connectivity index (χ3v) is 7.84. The summed E-state index contributed by atoms with van der Waals surface area (Å²) in [6.45, 7) is 0.592. The first kappa shape index (κ1) is 22.7. The highest BCUT2D eigenvalue weighted by atomic mass is 16.6. The Hall–Kier alpha value is -3.77. The Morgan fingerprint density at radius 2 is 1.22 bits per heavy atom. The Labute approximate surface area is 209 Å². The molecule has 0 aromatic heterocycles. The smallest absolute Gasteiger partial charge is 0.338 e. The molecule has 2 bridgehead atoms.